The number of sulfonamides is 1. The van der Waals surface area contributed by atoms with Crippen molar-refractivity contribution < 1.29 is 8.42 Å². The van der Waals surface area contributed by atoms with Crippen LogP contribution in [0.25, 0.3) is 10.9 Å². The molecule has 0 unspecified atom stereocenters. The van der Waals surface area contributed by atoms with Crippen molar-refractivity contribution in [2.24, 2.45) is 5.92 Å². The van der Waals surface area contributed by atoms with E-state index in [1.165, 1.54) is 6.42 Å². The maximum atomic E-state index is 13.0. The highest BCUT2D eigenvalue weighted by molar-refractivity contribution is 7.89. The quantitative estimate of drug-likeness (QED) is 0.915. The van der Waals surface area contributed by atoms with E-state index in [-0.39, 0.29) is 11.6 Å². The first kappa shape index (κ1) is 16.8. The fourth-order valence-electron chi connectivity index (χ4n) is 4.29. The molecule has 0 spiro atoms. The van der Waals surface area contributed by atoms with E-state index >= 15 is 0 Å². The van der Waals surface area contributed by atoms with Gasteiger partial charge >= 0.3 is 0 Å². The van der Waals surface area contributed by atoms with Crippen molar-refractivity contribution in [1.82, 2.24) is 9.29 Å². The van der Waals surface area contributed by atoms with Gasteiger partial charge in [0.25, 0.3) is 5.56 Å². The van der Waals surface area contributed by atoms with Crippen LogP contribution in [0, 0.1) is 12.8 Å². The zero-order valence-electron chi connectivity index (χ0n) is 14.7. The third kappa shape index (κ3) is 2.81. The molecular formula is C19H24N2O3S. The SMILES string of the molecule is Cc1cc(=O)n2c3c(cc(S(=O)(=O)N[C@H]4CCCC[C@@H]4C)cc13)CC2. The maximum absolute atomic E-state index is 13.0. The second-order valence-corrected chi connectivity index (χ2v) is 9.25. The van der Waals surface area contributed by atoms with E-state index in [2.05, 4.69) is 11.6 Å². The number of nitrogens with zero attached hydrogens (tertiary/aromatic N) is 1. The number of rotatable bonds is 3. The van der Waals surface area contributed by atoms with Crippen LogP contribution in [0.1, 0.15) is 43.7 Å². The number of pyridine rings is 1. The van der Waals surface area contributed by atoms with Crippen molar-refractivity contribution in [2.45, 2.75) is 63.4 Å². The summed E-state index contributed by atoms with van der Waals surface area (Å²) in [5, 5.41) is 0.867. The van der Waals surface area contributed by atoms with Crippen LogP contribution in [-0.2, 0) is 23.0 Å². The monoisotopic (exact) mass is 360 g/mol. The standard InChI is InChI=1S/C19H24N2O3S/c1-12-5-3-4-6-17(12)20-25(23,24)15-10-14-7-8-21-18(22)9-13(2)16(11-15)19(14)21/h9-12,17,20H,3-8H2,1-2H3/t12-,17-/m0/s1. The Bertz CT molecular complexity index is 1010. The maximum Gasteiger partial charge on any atom is 0.251 e. The van der Waals surface area contributed by atoms with Gasteiger partial charge in [-0.3, -0.25) is 4.79 Å². The Morgan fingerprint density at radius 1 is 1.16 bits per heavy atom. The molecule has 5 nitrogen and oxygen atoms in total. The van der Waals surface area contributed by atoms with Crippen molar-refractivity contribution in [3.05, 3.63) is 39.7 Å². The summed E-state index contributed by atoms with van der Waals surface area (Å²) in [6.07, 6.45) is 4.93. The van der Waals surface area contributed by atoms with Gasteiger partial charge < -0.3 is 4.57 Å². The first-order valence-corrected chi connectivity index (χ1v) is 10.5. The summed E-state index contributed by atoms with van der Waals surface area (Å²) >= 11 is 0. The number of hydrogen-bond donors (Lipinski definition) is 1. The van der Waals surface area contributed by atoms with Crippen LogP contribution in [0.2, 0.25) is 0 Å². The Labute approximate surface area is 148 Å². The van der Waals surface area contributed by atoms with E-state index in [1.54, 1.807) is 22.8 Å². The smallest absolute Gasteiger partial charge is 0.251 e. The fourth-order valence-corrected chi connectivity index (χ4v) is 5.75. The molecule has 6 heteroatoms. The fraction of sp³-hybridized carbons (Fsp3) is 0.526. The van der Waals surface area contributed by atoms with Gasteiger partial charge in [-0.1, -0.05) is 19.8 Å². The van der Waals surface area contributed by atoms with Gasteiger partial charge in [0.2, 0.25) is 10.0 Å². The van der Waals surface area contributed by atoms with Gasteiger partial charge in [-0.2, -0.15) is 0 Å². The molecule has 0 bridgehead atoms. The molecule has 0 amide bonds. The lowest BCUT2D eigenvalue weighted by Crippen LogP contribution is -2.41. The first-order valence-electron chi connectivity index (χ1n) is 9.06. The van der Waals surface area contributed by atoms with E-state index in [0.29, 0.717) is 23.8 Å². The molecule has 2 aromatic rings. The zero-order valence-corrected chi connectivity index (χ0v) is 15.5. The Morgan fingerprint density at radius 2 is 1.92 bits per heavy atom. The van der Waals surface area contributed by atoms with E-state index in [0.717, 1.165) is 41.3 Å². The highest BCUT2D eigenvalue weighted by Crippen LogP contribution is 2.31. The third-order valence-corrected chi connectivity index (χ3v) is 7.27. The summed E-state index contributed by atoms with van der Waals surface area (Å²) in [5.74, 6) is 0.367. The molecule has 4 rings (SSSR count). The Morgan fingerprint density at radius 3 is 2.68 bits per heavy atom. The van der Waals surface area contributed by atoms with E-state index in [4.69, 9.17) is 0 Å². The average Bonchev–Trinajstić information content (AvgIpc) is 2.99. The van der Waals surface area contributed by atoms with E-state index < -0.39 is 10.0 Å². The van der Waals surface area contributed by atoms with Crippen LogP contribution < -0.4 is 10.3 Å². The van der Waals surface area contributed by atoms with Gasteiger partial charge in [0.15, 0.2) is 0 Å². The number of aryl methyl sites for hydroxylation is 3. The van der Waals surface area contributed by atoms with Crippen LogP contribution in [0.5, 0.6) is 0 Å². The molecule has 2 aliphatic rings. The minimum Gasteiger partial charge on any atom is -0.308 e. The second kappa shape index (κ2) is 5.95. The van der Waals surface area contributed by atoms with E-state index in [9.17, 15) is 13.2 Å². The molecule has 1 aromatic heterocycles. The lowest BCUT2D eigenvalue weighted by Gasteiger charge is -2.29. The van der Waals surface area contributed by atoms with Crippen molar-refractivity contribution in [3.63, 3.8) is 0 Å². The summed E-state index contributed by atoms with van der Waals surface area (Å²) in [4.78, 5) is 12.5. The van der Waals surface area contributed by atoms with Crippen molar-refractivity contribution in [2.75, 3.05) is 0 Å². The topological polar surface area (TPSA) is 68.2 Å². The molecule has 0 radical (unpaired) electrons. The number of aromatic nitrogens is 1. The van der Waals surface area contributed by atoms with Gasteiger partial charge in [0.1, 0.15) is 0 Å². The third-order valence-electron chi connectivity index (χ3n) is 5.80. The molecule has 1 aliphatic carbocycles. The van der Waals surface area contributed by atoms with Crippen molar-refractivity contribution >= 4 is 20.9 Å². The Kier molecular flexibility index (Phi) is 4.00. The van der Waals surface area contributed by atoms with Gasteiger partial charge in [-0.15, -0.1) is 0 Å². The van der Waals surface area contributed by atoms with Gasteiger partial charge in [0.05, 0.1) is 10.4 Å². The minimum atomic E-state index is -3.56. The molecule has 2 heterocycles. The highest BCUT2D eigenvalue weighted by atomic mass is 32.2. The zero-order chi connectivity index (χ0) is 17.8. The number of benzene rings is 1. The van der Waals surface area contributed by atoms with Gasteiger partial charge in [0, 0.05) is 24.0 Å². The van der Waals surface area contributed by atoms with Crippen LogP contribution in [-0.4, -0.2) is 19.0 Å². The lowest BCUT2D eigenvalue weighted by atomic mass is 9.87. The van der Waals surface area contributed by atoms with Crippen LogP contribution in [0.4, 0.5) is 0 Å². The molecule has 1 aromatic carbocycles. The number of nitrogens with one attached hydrogen (secondary N) is 1. The van der Waals surface area contributed by atoms with Crippen molar-refractivity contribution in [1.29, 1.82) is 0 Å². The average molecular weight is 360 g/mol. The van der Waals surface area contributed by atoms with Gasteiger partial charge in [-0.25, -0.2) is 13.1 Å². The molecule has 1 fully saturated rings. The number of hydrogen-bond acceptors (Lipinski definition) is 3. The predicted molar refractivity (Wildman–Crippen MR) is 98.4 cm³/mol. The summed E-state index contributed by atoms with van der Waals surface area (Å²) in [7, 11) is -3.56. The van der Waals surface area contributed by atoms with Gasteiger partial charge in [-0.05, 0) is 55.4 Å². The first-order chi connectivity index (χ1) is 11.9. The molecule has 1 N–H and O–H groups in total. The predicted octanol–water partition coefficient (Wildman–Crippen LogP) is 2.72. The van der Waals surface area contributed by atoms with Crippen LogP contribution in [0.15, 0.2) is 27.9 Å². The minimum absolute atomic E-state index is 0.00601. The Balaban J connectivity index is 1.79. The largest absolute Gasteiger partial charge is 0.308 e. The molecule has 2 atom stereocenters. The lowest BCUT2D eigenvalue weighted by molar-refractivity contribution is 0.310. The molecule has 25 heavy (non-hydrogen) atoms. The van der Waals surface area contributed by atoms with Crippen molar-refractivity contribution in [3.8, 4) is 0 Å². The second-order valence-electron chi connectivity index (χ2n) is 7.54. The molecule has 0 saturated heterocycles. The summed E-state index contributed by atoms with van der Waals surface area (Å²) < 4.78 is 30.6. The normalized spacial score (nSPS) is 23.3. The molecular weight excluding hydrogens is 336 g/mol. The van der Waals surface area contributed by atoms with E-state index in [1.807, 2.05) is 6.92 Å². The molecule has 1 aliphatic heterocycles. The highest BCUT2D eigenvalue weighted by Gasteiger charge is 2.28. The summed E-state index contributed by atoms with van der Waals surface area (Å²) in [6.45, 7) is 4.62. The summed E-state index contributed by atoms with van der Waals surface area (Å²) in [5.41, 5.74) is 2.68. The molecule has 1 saturated carbocycles. The molecule has 134 valence electrons. The van der Waals surface area contributed by atoms with Crippen LogP contribution >= 0.6 is 0 Å². The summed E-state index contributed by atoms with van der Waals surface area (Å²) in [6, 6.07) is 5.09. The Hall–Kier alpha value is -1.66. The van der Waals surface area contributed by atoms with Crippen LogP contribution in [0.3, 0.4) is 0 Å².